The molecule has 104 valence electrons. The van der Waals surface area contributed by atoms with Gasteiger partial charge in [0, 0.05) is 16.7 Å². The summed E-state index contributed by atoms with van der Waals surface area (Å²) in [5.41, 5.74) is 1.99. The predicted octanol–water partition coefficient (Wildman–Crippen LogP) is 3.52. The van der Waals surface area contributed by atoms with Crippen LogP contribution in [0, 0.1) is 0 Å². The summed E-state index contributed by atoms with van der Waals surface area (Å²) in [6.45, 7) is 1.08. The zero-order valence-electron chi connectivity index (χ0n) is 11.3. The smallest absolute Gasteiger partial charge is 0.238 e. The van der Waals surface area contributed by atoms with Crippen molar-refractivity contribution in [2.45, 2.75) is 6.54 Å². The minimum atomic E-state index is -0.00856. The van der Waals surface area contributed by atoms with Crippen LogP contribution >= 0.6 is 15.9 Å². The summed E-state index contributed by atoms with van der Waals surface area (Å²) in [6, 6.07) is 17.5. The van der Waals surface area contributed by atoms with E-state index in [1.165, 1.54) is 5.56 Å². The number of amides is 1. The van der Waals surface area contributed by atoms with Crippen molar-refractivity contribution in [2.24, 2.45) is 0 Å². The molecule has 0 bridgehead atoms. The molecule has 0 spiro atoms. The number of likely N-dealkylation sites (N-methyl/N-ethyl adjacent to an activating group) is 1. The number of carbonyl (C=O) groups is 1. The predicted molar refractivity (Wildman–Crippen MR) is 85.5 cm³/mol. The molecule has 0 saturated heterocycles. The van der Waals surface area contributed by atoms with Crippen LogP contribution in [0.5, 0.6) is 0 Å². The maximum Gasteiger partial charge on any atom is 0.238 e. The number of nitrogens with one attached hydrogen (secondary N) is 1. The Morgan fingerprint density at radius 1 is 1.10 bits per heavy atom. The molecule has 2 rings (SSSR count). The molecular weight excluding hydrogens is 316 g/mol. The molecule has 4 heteroatoms. The molecule has 0 radical (unpaired) electrons. The van der Waals surface area contributed by atoms with Crippen molar-refractivity contribution in [1.29, 1.82) is 0 Å². The third kappa shape index (κ3) is 4.47. The highest BCUT2D eigenvalue weighted by atomic mass is 79.9. The Kier molecular flexibility index (Phi) is 5.32. The van der Waals surface area contributed by atoms with Gasteiger partial charge in [0.15, 0.2) is 0 Å². The Hall–Kier alpha value is -1.65. The van der Waals surface area contributed by atoms with E-state index >= 15 is 0 Å². The van der Waals surface area contributed by atoms with Gasteiger partial charge in [-0.25, -0.2) is 0 Å². The second-order valence-corrected chi connectivity index (χ2v) is 5.53. The van der Waals surface area contributed by atoms with Gasteiger partial charge in [0.1, 0.15) is 0 Å². The van der Waals surface area contributed by atoms with E-state index in [0.29, 0.717) is 6.54 Å². The molecule has 20 heavy (non-hydrogen) atoms. The molecule has 2 aromatic rings. The van der Waals surface area contributed by atoms with Gasteiger partial charge in [0.2, 0.25) is 5.91 Å². The van der Waals surface area contributed by atoms with Gasteiger partial charge < -0.3 is 5.32 Å². The quantitative estimate of drug-likeness (QED) is 0.908. The van der Waals surface area contributed by atoms with E-state index in [4.69, 9.17) is 0 Å². The number of anilines is 1. The second kappa shape index (κ2) is 7.22. The topological polar surface area (TPSA) is 32.3 Å². The Bertz CT molecular complexity index is 572. The van der Waals surface area contributed by atoms with Gasteiger partial charge in [-0.05, 0) is 30.8 Å². The minimum absolute atomic E-state index is 0.00856. The van der Waals surface area contributed by atoms with Gasteiger partial charge in [-0.2, -0.15) is 0 Å². The van der Waals surface area contributed by atoms with Crippen molar-refractivity contribution < 1.29 is 4.79 Å². The lowest BCUT2D eigenvalue weighted by Crippen LogP contribution is -2.29. The van der Waals surface area contributed by atoms with E-state index < -0.39 is 0 Å². The summed E-state index contributed by atoms with van der Waals surface area (Å²) in [5.74, 6) is -0.00856. The van der Waals surface area contributed by atoms with E-state index in [0.717, 1.165) is 16.7 Å². The van der Waals surface area contributed by atoms with Crippen molar-refractivity contribution in [1.82, 2.24) is 4.90 Å². The highest BCUT2D eigenvalue weighted by Crippen LogP contribution is 2.17. The minimum Gasteiger partial charge on any atom is -0.325 e. The monoisotopic (exact) mass is 332 g/mol. The van der Waals surface area contributed by atoms with Gasteiger partial charge >= 0.3 is 0 Å². The van der Waals surface area contributed by atoms with E-state index in [2.05, 4.69) is 27.3 Å². The number of carbonyl (C=O) groups excluding carboxylic acids is 1. The SMILES string of the molecule is CN(CC(=O)Nc1ccccc1)Cc1ccccc1Br. The van der Waals surface area contributed by atoms with Gasteiger partial charge in [-0.3, -0.25) is 9.69 Å². The van der Waals surface area contributed by atoms with E-state index in [-0.39, 0.29) is 5.91 Å². The maximum atomic E-state index is 11.9. The summed E-state index contributed by atoms with van der Waals surface area (Å²) in [4.78, 5) is 13.9. The number of hydrogen-bond donors (Lipinski definition) is 1. The van der Waals surface area contributed by atoms with Crippen LogP contribution in [0.3, 0.4) is 0 Å². The van der Waals surface area contributed by atoms with Crippen LogP contribution in [0.1, 0.15) is 5.56 Å². The van der Waals surface area contributed by atoms with Crippen LogP contribution in [0.2, 0.25) is 0 Å². The molecule has 0 aliphatic carbocycles. The summed E-state index contributed by atoms with van der Waals surface area (Å²) in [7, 11) is 1.93. The van der Waals surface area contributed by atoms with Gasteiger partial charge in [-0.15, -0.1) is 0 Å². The molecule has 2 aromatic carbocycles. The first-order chi connectivity index (χ1) is 9.65. The third-order valence-electron chi connectivity index (χ3n) is 2.87. The normalized spacial score (nSPS) is 10.6. The first kappa shape index (κ1) is 14.8. The van der Waals surface area contributed by atoms with Gasteiger partial charge in [0.05, 0.1) is 6.54 Å². The van der Waals surface area contributed by atoms with Crippen molar-refractivity contribution in [2.75, 3.05) is 18.9 Å². The van der Waals surface area contributed by atoms with Crippen LogP contribution in [-0.4, -0.2) is 24.4 Å². The van der Waals surface area contributed by atoms with Crippen molar-refractivity contribution in [3.8, 4) is 0 Å². The van der Waals surface area contributed by atoms with E-state index in [1.807, 2.05) is 60.5 Å². The fraction of sp³-hybridized carbons (Fsp3) is 0.188. The molecule has 1 amide bonds. The van der Waals surface area contributed by atoms with Crippen molar-refractivity contribution >= 4 is 27.5 Å². The fourth-order valence-electron chi connectivity index (χ4n) is 1.94. The Morgan fingerprint density at radius 2 is 1.75 bits per heavy atom. The molecule has 0 saturated carbocycles. The van der Waals surface area contributed by atoms with Gasteiger partial charge in [-0.1, -0.05) is 52.3 Å². The number of rotatable bonds is 5. The molecule has 0 unspecified atom stereocenters. The van der Waals surface area contributed by atoms with Crippen LogP contribution in [0.15, 0.2) is 59.1 Å². The van der Waals surface area contributed by atoms with Crippen LogP contribution in [0.25, 0.3) is 0 Å². The Balaban J connectivity index is 1.87. The molecular formula is C16H17BrN2O. The third-order valence-corrected chi connectivity index (χ3v) is 3.64. The lowest BCUT2D eigenvalue weighted by Gasteiger charge is -2.17. The largest absolute Gasteiger partial charge is 0.325 e. The molecule has 0 fully saturated rings. The van der Waals surface area contributed by atoms with Crippen LogP contribution in [-0.2, 0) is 11.3 Å². The van der Waals surface area contributed by atoms with Crippen molar-refractivity contribution in [3.05, 3.63) is 64.6 Å². The number of nitrogens with zero attached hydrogens (tertiary/aromatic N) is 1. The number of para-hydroxylation sites is 1. The second-order valence-electron chi connectivity index (χ2n) is 4.68. The van der Waals surface area contributed by atoms with E-state index in [9.17, 15) is 4.79 Å². The lowest BCUT2D eigenvalue weighted by atomic mass is 10.2. The van der Waals surface area contributed by atoms with E-state index in [1.54, 1.807) is 0 Å². The van der Waals surface area contributed by atoms with Crippen LogP contribution < -0.4 is 5.32 Å². The number of halogens is 1. The molecule has 0 heterocycles. The average molecular weight is 333 g/mol. The maximum absolute atomic E-state index is 11.9. The molecule has 0 atom stereocenters. The zero-order valence-corrected chi connectivity index (χ0v) is 12.9. The highest BCUT2D eigenvalue weighted by Gasteiger charge is 2.08. The Labute approximate surface area is 127 Å². The highest BCUT2D eigenvalue weighted by molar-refractivity contribution is 9.10. The summed E-state index contributed by atoms with van der Waals surface area (Å²) in [6.07, 6.45) is 0. The zero-order chi connectivity index (χ0) is 14.4. The van der Waals surface area contributed by atoms with Gasteiger partial charge in [0.25, 0.3) is 0 Å². The fourth-order valence-corrected chi connectivity index (χ4v) is 2.35. The molecule has 0 aliphatic rings. The summed E-state index contributed by atoms with van der Waals surface area (Å²) < 4.78 is 1.07. The number of hydrogen-bond acceptors (Lipinski definition) is 2. The molecule has 0 aliphatic heterocycles. The first-order valence-corrected chi connectivity index (χ1v) is 7.21. The summed E-state index contributed by atoms with van der Waals surface area (Å²) in [5, 5.41) is 2.88. The number of benzene rings is 2. The standard InChI is InChI=1S/C16H17BrN2O/c1-19(11-13-7-5-6-10-15(13)17)12-16(20)18-14-8-3-2-4-9-14/h2-10H,11-12H2,1H3,(H,18,20). The molecule has 0 aromatic heterocycles. The van der Waals surface area contributed by atoms with Crippen molar-refractivity contribution in [3.63, 3.8) is 0 Å². The lowest BCUT2D eigenvalue weighted by molar-refractivity contribution is -0.117. The summed E-state index contributed by atoms with van der Waals surface area (Å²) >= 11 is 3.52. The Morgan fingerprint density at radius 3 is 2.45 bits per heavy atom. The van der Waals surface area contributed by atoms with Crippen LogP contribution in [0.4, 0.5) is 5.69 Å². The molecule has 1 N–H and O–H groups in total. The first-order valence-electron chi connectivity index (χ1n) is 6.42. The average Bonchev–Trinajstić information content (AvgIpc) is 2.42. The molecule has 3 nitrogen and oxygen atoms in total.